The Kier molecular flexibility index (Phi) is 4.43. The van der Waals surface area contributed by atoms with Gasteiger partial charge in [0.25, 0.3) is 0 Å². The van der Waals surface area contributed by atoms with Gasteiger partial charge in [0.15, 0.2) is 0 Å². The highest BCUT2D eigenvalue weighted by atomic mass is 79.9. The van der Waals surface area contributed by atoms with E-state index in [0.29, 0.717) is 10.2 Å². The molecule has 0 spiro atoms. The number of halogens is 2. The maximum atomic E-state index is 13.3. The van der Waals surface area contributed by atoms with Crippen molar-refractivity contribution in [3.05, 3.63) is 58.3 Å². The topological polar surface area (TPSA) is 38.0 Å². The third kappa shape index (κ3) is 3.26. The average Bonchev–Trinajstić information content (AvgIpc) is 2.42. The van der Waals surface area contributed by atoms with Crippen LogP contribution in [0.4, 0.5) is 15.8 Å². The summed E-state index contributed by atoms with van der Waals surface area (Å²) in [5.74, 6) is -0.351. The minimum absolute atomic E-state index is 0.154. The Labute approximate surface area is 121 Å². The first-order chi connectivity index (χ1) is 9.11. The highest BCUT2D eigenvalue weighted by Gasteiger charge is 2.12. The van der Waals surface area contributed by atoms with Crippen molar-refractivity contribution < 1.29 is 4.39 Å². The lowest BCUT2D eigenvalue weighted by Crippen LogP contribution is -2.11. The van der Waals surface area contributed by atoms with Crippen LogP contribution in [0.5, 0.6) is 0 Å². The Morgan fingerprint density at radius 3 is 2.58 bits per heavy atom. The SMILES string of the molecule is CCC(Nc1cc(Br)c(F)cc1N)c1ccccc1. The fraction of sp³-hybridized carbons (Fsp3) is 0.200. The molecule has 0 aliphatic carbocycles. The Bertz CT molecular complexity index is 558. The van der Waals surface area contributed by atoms with Crippen molar-refractivity contribution in [1.29, 1.82) is 0 Å². The number of nitrogens with two attached hydrogens (primary N) is 1. The fourth-order valence-electron chi connectivity index (χ4n) is 1.98. The molecule has 100 valence electrons. The van der Waals surface area contributed by atoms with Crippen LogP contribution in [0, 0.1) is 5.82 Å². The fourth-order valence-corrected chi connectivity index (χ4v) is 2.32. The molecule has 0 aliphatic heterocycles. The van der Waals surface area contributed by atoms with Gasteiger partial charge in [-0.05, 0) is 34.0 Å². The van der Waals surface area contributed by atoms with Gasteiger partial charge in [-0.2, -0.15) is 0 Å². The summed E-state index contributed by atoms with van der Waals surface area (Å²) in [7, 11) is 0. The summed E-state index contributed by atoms with van der Waals surface area (Å²) in [4.78, 5) is 0. The minimum Gasteiger partial charge on any atom is -0.397 e. The van der Waals surface area contributed by atoms with Crippen LogP contribution in [0.2, 0.25) is 0 Å². The van der Waals surface area contributed by atoms with Crippen LogP contribution in [0.15, 0.2) is 46.9 Å². The second kappa shape index (κ2) is 6.06. The molecular formula is C15H16BrFN2. The second-order valence-corrected chi connectivity index (χ2v) is 5.22. The predicted molar refractivity (Wildman–Crippen MR) is 81.6 cm³/mol. The van der Waals surface area contributed by atoms with Crippen molar-refractivity contribution in [2.75, 3.05) is 11.1 Å². The summed E-state index contributed by atoms with van der Waals surface area (Å²) in [6, 6.07) is 13.3. The predicted octanol–water partition coefficient (Wildman–Crippen LogP) is 4.73. The number of nitrogens with one attached hydrogen (secondary N) is 1. The van der Waals surface area contributed by atoms with Crippen LogP contribution < -0.4 is 11.1 Å². The van der Waals surface area contributed by atoms with Crippen LogP contribution in [0.1, 0.15) is 24.9 Å². The normalized spacial score (nSPS) is 12.2. The lowest BCUT2D eigenvalue weighted by molar-refractivity contribution is 0.621. The lowest BCUT2D eigenvalue weighted by Gasteiger charge is -2.20. The third-order valence-corrected chi connectivity index (χ3v) is 3.64. The molecule has 0 radical (unpaired) electrons. The maximum absolute atomic E-state index is 13.3. The van der Waals surface area contributed by atoms with Crippen LogP contribution in [0.25, 0.3) is 0 Å². The van der Waals surface area contributed by atoms with Crippen LogP contribution in [-0.2, 0) is 0 Å². The standard InChI is InChI=1S/C15H16BrFN2/c1-2-14(10-6-4-3-5-7-10)19-15-8-11(16)12(17)9-13(15)18/h3-9,14,19H,2,18H2,1H3. The van der Waals surface area contributed by atoms with E-state index in [1.165, 1.54) is 11.6 Å². The van der Waals surface area contributed by atoms with E-state index in [-0.39, 0.29) is 11.9 Å². The molecule has 2 aromatic rings. The zero-order chi connectivity index (χ0) is 13.8. The van der Waals surface area contributed by atoms with Gasteiger partial charge >= 0.3 is 0 Å². The molecule has 0 aromatic heterocycles. The zero-order valence-electron chi connectivity index (χ0n) is 10.7. The largest absolute Gasteiger partial charge is 0.397 e. The molecule has 0 saturated heterocycles. The molecule has 19 heavy (non-hydrogen) atoms. The summed E-state index contributed by atoms with van der Waals surface area (Å²) >= 11 is 3.18. The molecule has 1 atom stereocenters. The van der Waals surface area contributed by atoms with Gasteiger partial charge in [0.2, 0.25) is 0 Å². The van der Waals surface area contributed by atoms with Gasteiger partial charge in [-0.1, -0.05) is 37.3 Å². The summed E-state index contributed by atoms with van der Waals surface area (Å²) in [6.45, 7) is 2.10. The Balaban J connectivity index is 2.26. The lowest BCUT2D eigenvalue weighted by atomic mass is 10.0. The van der Waals surface area contributed by atoms with Gasteiger partial charge in [-0.25, -0.2) is 4.39 Å². The van der Waals surface area contributed by atoms with E-state index in [2.05, 4.69) is 40.3 Å². The molecule has 0 amide bonds. The summed E-state index contributed by atoms with van der Waals surface area (Å²) in [5.41, 5.74) is 8.18. The number of rotatable bonds is 4. The van der Waals surface area contributed by atoms with Crippen LogP contribution >= 0.6 is 15.9 Å². The van der Waals surface area contributed by atoms with E-state index in [1.54, 1.807) is 6.07 Å². The monoisotopic (exact) mass is 322 g/mol. The van der Waals surface area contributed by atoms with Crippen molar-refractivity contribution in [3.63, 3.8) is 0 Å². The van der Waals surface area contributed by atoms with Crippen molar-refractivity contribution in [2.45, 2.75) is 19.4 Å². The highest BCUT2D eigenvalue weighted by Crippen LogP contribution is 2.30. The van der Waals surface area contributed by atoms with Crippen molar-refractivity contribution in [2.24, 2.45) is 0 Å². The molecule has 4 heteroatoms. The van der Waals surface area contributed by atoms with Gasteiger partial charge < -0.3 is 11.1 Å². The maximum Gasteiger partial charge on any atom is 0.139 e. The smallest absolute Gasteiger partial charge is 0.139 e. The summed E-state index contributed by atoms with van der Waals surface area (Å²) < 4.78 is 13.8. The molecule has 0 aliphatic rings. The molecule has 0 heterocycles. The van der Waals surface area contributed by atoms with Crippen LogP contribution in [-0.4, -0.2) is 0 Å². The highest BCUT2D eigenvalue weighted by molar-refractivity contribution is 9.10. The summed E-state index contributed by atoms with van der Waals surface area (Å²) in [5, 5.41) is 3.36. The molecule has 2 aromatic carbocycles. The molecule has 0 fully saturated rings. The molecule has 2 nitrogen and oxygen atoms in total. The van der Waals surface area contributed by atoms with Gasteiger partial charge in [-0.15, -0.1) is 0 Å². The van der Waals surface area contributed by atoms with Crippen molar-refractivity contribution in [1.82, 2.24) is 0 Å². The molecule has 3 N–H and O–H groups in total. The Morgan fingerprint density at radius 2 is 1.95 bits per heavy atom. The Hall–Kier alpha value is -1.55. The number of hydrogen-bond donors (Lipinski definition) is 2. The molecule has 0 saturated carbocycles. The van der Waals surface area contributed by atoms with Gasteiger partial charge in [0.05, 0.1) is 21.9 Å². The van der Waals surface area contributed by atoms with E-state index >= 15 is 0 Å². The molecule has 2 rings (SSSR count). The quantitative estimate of drug-likeness (QED) is 0.798. The number of benzene rings is 2. The second-order valence-electron chi connectivity index (χ2n) is 4.37. The zero-order valence-corrected chi connectivity index (χ0v) is 12.2. The van der Waals surface area contributed by atoms with Crippen molar-refractivity contribution >= 4 is 27.3 Å². The van der Waals surface area contributed by atoms with E-state index in [1.807, 2.05) is 18.2 Å². The van der Waals surface area contributed by atoms with E-state index in [9.17, 15) is 4.39 Å². The molecule has 0 bridgehead atoms. The van der Waals surface area contributed by atoms with E-state index < -0.39 is 0 Å². The number of anilines is 2. The third-order valence-electron chi connectivity index (χ3n) is 3.03. The van der Waals surface area contributed by atoms with Gasteiger partial charge in [-0.3, -0.25) is 0 Å². The minimum atomic E-state index is -0.351. The first kappa shape index (κ1) is 13.9. The van der Waals surface area contributed by atoms with E-state index in [4.69, 9.17) is 5.73 Å². The molecule has 1 unspecified atom stereocenters. The first-order valence-electron chi connectivity index (χ1n) is 6.17. The van der Waals surface area contributed by atoms with Gasteiger partial charge in [0, 0.05) is 6.07 Å². The van der Waals surface area contributed by atoms with Gasteiger partial charge in [0.1, 0.15) is 5.82 Å². The number of hydrogen-bond acceptors (Lipinski definition) is 2. The molecular weight excluding hydrogens is 307 g/mol. The first-order valence-corrected chi connectivity index (χ1v) is 6.97. The van der Waals surface area contributed by atoms with Crippen molar-refractivity contribution in [3.8, 4) is 0 Å². The van der Waals surface area contributed by atoms with E-state index in [0.717, 1.165) is 12.1 Å². The van der Waals surface area contributed by atoms with Crippen LogP contribution in [0.3, 0.4) is 0 Å². The number of nitrogen functional groups attached to an aromatic ring is 1. The average molecular weight is 323 g/mol. The summed E-state index contributed by atoms with van der Waals surface area (Å²) in [6.07, 6.45) is 0.915. The Morgan fingerprint density at radius 1 is 1.26 bits per heavy atom.